The fourth-order valence-electron chi connectivity index (χ4n) is 4.73. The molecule has 0 spiro atoms. The predicted molar refractivity (Wildman–Crippen MR) is 88.1 cm³/mol. The molecule has 138 valence electrons. The summed E-state index contributed by atoms with van der Waals surface area (Å²) in [5.74, 6) is -0.564. The first-order chi connectivity index (χ1) is 11.2. The van der Waals surface area contributed by atoms with Gasteiger partial charge in [-0.05, 0) is 0 Å². The first-order valence-electron chi connectivity index (χ1n) is 8.83. The molecular weight excluding hydrogens is 312 g/mol. The third-order valence-corrected chi connectivity index (χ3v) is 6.32. The standard InChI is InChI=1S/C17H31N2O5/c1-18(11-16(21)24-3)8-6-13(9-14(18)12-20)10-19(2)7-4-5-15(19)17(22)23/h13-15,20H,4-12H2,1-3H3/q+1/p+1. The number of quaternary nitrogens is 2. The number of rotatable bonds is 6. The Kier molecular flexibility index (Phi) is 5.88. The molecule has 0 aromatic carbocycles. The summed E-state index contributed by atoms with van der Waals surface area (Å²) in [5, 5.41) is 19.3. The number of hydrogen-bond acceptors (Lipinski definition) is 4. The Morgan fingerprint density at radius 1 is 1.17 bits per heavy atom. The SMILES string of the molecule is COC(=O)C[N+]1(C)CCC(C[N+]2(C)CCCC2C(=O)O)CC1CO. The molecular formula is C17H32N2O5+2. The highest BCUT2D eigenvalue weighted by Gasteiger charge is 2.47. The number of aliphatic hydroxyl groups is 1. The molecule has 2 fully saturated rings. The summed E-state index contributed by atoms with van der Waals surface area (Å²) in [6.45, 7) is 2.87. The van der Waals surface area contributed by atoms with Crippen LogP contribution in [0.2, 0.25) is 0 Å². The fourth-order valence-corrected chi connectivity index (χ4v) is 4.73. The normalized spacial score (nSPS) is 39.6. The Labute approximate surface area is 144 Å². The van der Waals surface area contributed by atoms with Crippen molar-refractivity contribution < 1.29 is 33.5 Å². The van der Waals surface area contributed by atoms with Crippen molar-refractivity contribution in [1.82, 2.24) is 0 Å². The molecule has 2 saturated heterocycles. The van der Waals surface area contributed by atoms with Gasteiger partial charge in [-0.1, -0.05) is 0 Å². The maximum Gasteiger partial charge on any atom is 0.362 e. The fraction of sp³-hybridized carbons (Fsp3) is 0.882. The molecule has 0 aromatic rings. The third kappa shape index (κ3) is 3.90. The minimum Gasteiger partial charge on any atom is -0.477 e. The van der Waals surface area contributed by atoms with Crippen molar-refractivity contribution in [1.29, 1.82) is 0 Å². The van der Waals surface area contributed by atoms with Crippen LogP contribution in [0.1, 0.15) is 25.7 Å². The molecule has 2 heterocycles. The van der Waals surface area contributed by atoms with Gasteiger partial charge in [-0.3, -0.25) is 0 Å². The number of nitrogens with zero attached hydrogens (tertiary/aromatic N) is 2. The summed E-state index contributed by atoms with van der Waals surface area (Å²) >= 11 is 0. The Balaban J connectivity index is 2.03. The lowest BCUT2D eigenvalue weighted by molar-refractivity contribution is -0.941. The second kappa shape index (κ2) is 7.37. The van der Waals surface area contributed by atoms with Crippen LogP contribution in [0.4, 0.5) is 0 Å². The van der Waals surface area contributed by atoms with Gasteiger partial charge in [0.25, 0.3) is 0 Å². The second-order valence-corrected chi connectivity index (χ2v) is 8.05. The average Bonchev–Trinajstić information content (AvgIpc) is 2.90. The molecule has 2 N–H and O–H groups in total. The van der Waals surface area contributed by atoms with Gasteiger partial charge in [-0.15, -0.1) is 0 Å². The van der Waals surface area contributed by atoms with Crippen molar-refractivity contribution in [3.05, 3.63) is 0 Å². The van der Waals surface area contributed by atoms with E-state index in [2.05, 4.69) is 7.05 Å². The molecule has 5 unspecified atom stereocenters. The summed E-state index contributed by atoms with van der Waals surface area (Å²) in [6.07, 6.45) is 3.48. The molecule has 5 atom stereocenters. The number of esters is 1. The van der Waals surface area contributed by atoms with Gasteiger partial charge in [0.05, 0.1) is 47.4 Å². The van der Waals surface area contributed by atoms with Crippen LogP contribution in [-0.2, 0) is 14.3 Å². The number of piperidine rings is 1. The monoisotopic (exact) mass is 344 g/mol. The topological polar surface area (TPSA) is 83.8 Å². The largest absolute Gasteiger partial charge is 0.477 e. The lowest BCUT2D eigenvalue weighted by Crippen LogP contribution is -2.62. The number of carboxylic acids is 1. The molecule has 0 radical (unpaired) electrons. The number of likely N-dealkylation sites (N-methyl/N-ethyl adjacent to an activating group) is 2. The van der Waals surface area contributed by atoms with Gasteiger partial charge in [0, 0.05) is 31.6 Å². The van der Waals surface area contributed by atoms with E-state index in [4.69, 9.17) is 4.74 Å². The Hall–Kier alpha value is -1.18. The zero-order valence-corrected chi connectivity index (χ0v) is 15.1. The van der Waals surface area contributed by atoms with Gasteiger partial charge in [-0.2, -0.15) is 0 Å². The van der Waals surface area contributed by atoms with E-state index in [0.717, 1.165) is 45.3 Å². The van der Waals surface area contributed by atoms with E-state index in [0.29, 0.717) is 14.9 Å². The number of aliphatic hydroxyl groups excluding tert-OH is 1. The van der Waals surface area contributed by atoms with Crippen molar-refractivity contribution >= 4 is 11.9 Å². The molecule has 0 aliphatic carbocycles. The maximum atomic E-state index is 11.7. The highest BCUT2D eigenvalue weighted by Crippen LogP contribution is 2.33. The van der Waals surface area contributed by atoms with E-state index in [1.807, 2.05) is 7.05 Å². The maximum absolute atomic E-state index is 11.7. The van der Waals surface area contributed by atoms with E-state index in [1.54, 1.807) is 0 Å². The lowest BCUT2D eigenvalue weighted by atomic mass is 9.88. The summed E-state index contributed by atoms with van der Waals surface area (Å²) in [7, 11) is 5.44. The van der Waals surface area contributed by atoms with Crippen LogP contribution in [0.25, 0.3) is 0 Å². The van der Waals surface area contributed by atoms with Crippen LogP contribution in [0, 0.1) is 5.92 Å². The van der Waals surface area contributed by atoms with Crippen LogP contribution in [0.15, 0.2) is 0 Å². The van der Waals surface area contributed by atoms with Gasteiger partial charge in [0.1, 0.15) is 6.04 Å². The Bertz CT molecular complexity index is 486. The van der Waals surface area contributed by atoms with Crippen molar-refractivity contribution in [2.24, 2.45) is 5.92 Å². The number of ether oxygens (including phenoxy) is 1. The van der Waals surface area contributed by atoms with E-state index < -0.39 is 5.97 Å². The Morgan fingerprint density at radius 3 is 2.46 bits per heavy atom. The summed E-state index contributed by atoms with van der Waals surface area (Å²) in [5.41, 5.74) is 0. The number of carbonyl (C=O) groups is 2. The summed E-state index contributed by atoms with van der Waals surface area (Å²) in [6, 6.07) is -0.309. The van der Waals surface area contributed by atoms with Crippen LogP contribution in [-0.4, -0.2) is 97.2 Å². The molecule has 0 bridgehead atoms. The molecule has 7 heteroatoms. The molecule has 2 aliphatic heterocycles. The van der Waals surface area contributed by atoms with Gasteiger partial charge in [0.2, 0.25) is 0 Å². The van der Waals surface area contributed by atoms with E-state index in [9.17, 15) is 19.8 Å². The lowest BCUT2D eigenvalue weighted by Gasteiger charge is -2.47. The van der Waals surface area contributed by atoms with Gasteiger partial charge >= 0.3 is 11.9 Å². The number of aliphatic carboxylic acids is 1. The minimum absolute atomic E-state index is 0.000307. The zero-order chi connectivity index (χ0) is 18.0. The van der Waals surface area contributed by atoms with Crippen LogP contribution >= 0.6 is 0 Å². The molecule has 0 amide bonds. The number of likely N-dealkylation sites (tertiary alicyclic amines) is 2. The van der Waals surface area contributed by atoms with Crippen molar-refractivity contribution in [2.75, 3.05) is 54.0 Å². The highest BCUT2D eigenvalue weighted by molar-refractivity contribution is 5.72. The minimum atomic E-state index is -0.698. The second-order valence-electron chi connectivity index (χ2n) is 8.05. The van der Waals surface area contributed by atoms with Gasteiger partial charge < -0.3 is 23.9 Å². The van der Waals surface area contributed by atoms with E-state index in [-0.39, 0.29) is 31.2 Å². The van der Waals surface area contributed by atoms with Gasteiger partial charge in [-0.25, -0.2) is 9.59 Å². The first-order valence-corrected chi connectivity index (χ1v) is 8.83. The van der Waals surface area contributed by atoms with Crippen molar-refractivity contribution in [3.8, 4) is 0 Å². The molecule has 2 rings (SSSR count). The number of carboxylic acid groups (broad SMARTS) is 1. The van der Waals surface area contributed by atoms with Gasteiger partial charge in [0.15, 0.2) is 12.6 Å². The zero-order valence-electron chi connectivity index (χ0n) is 15.1. The Morgan fingerprint density at radius 2 is 1.88 bits per heavy atom. The average molecular weight is 344 g/mol. The molecule has 2 aliphatic rings. The van der Waals surface area contributed by atoms with Crippen LogP contribution in [0.3, 0.4) is 0 Å². The van der Waals surface area contributed by atoms with Crippen LogP contribution < -0.4 is 0 Å². The summed E-state index contributed by atoms with van der Waals surface area (Å²) < 4.78 is 5.90. The quantitative estimate of drug-likeness (QED) is 0.526. The van der Waals surface area contributed by atoms with Crippen LogP contribution in [0.5, 0.6) is 0 Å². The van der Waals surface area contributed by atoms with E-state index in [1.165, 1.54) is 7.11 Å². The van der Waals surface area contributed by atoms with Crippen molar-refractivity contribution in [3.63, 3.8) is 0 Å². The molecule has 0 aromatic heterocycles. The summed E-state index contributed by atoms with van der Waals surface area (Å²) in [4.78, 5) is 23.2. The third-order valence-electron chi connectivity index (χ3n) is 6.32. The molecule has 0 saturated carbocycles. The predicted octanol–water partition coefficient (Wildman–Crippen LogP) is 0.0705. The molecule has 24 heavy (non-hydrogen) atoms. The number of hydrogen-bond donors (Lipinski definition) is 2. The molecule has 7 nitrogen and oxygen atoms in total. The smallest absolute Gasteiger partial charge is 0.362 e. The number of carbonyl (C=O) groups excluding carboxylic acids is 1. The van der Waals surface area contributed by atoms with Crippen molar-refractivity contribution in [2.45, 2.75) is 37.8 Å². The highest BCUT2D eigenvalue weighted by atomic mass is 16.5. The van der Waals surface area contributed by atoms with E-state index >= 15 is 0 Å². The number of methoxy groups -OCH3 is 1. The first kappa shape index (κ1) is 19.1.